The average Bonchev–Trinajstić information content (AvgIpc) is 3.27. The van der Waals surface area contributed by atoms with Crippen molar-refractivity contribution in [2.75, 3.05) is 13.1 Å². The van der Waals surface area contributed by atoms with Gasteiger partial charge < -0.3 is 30.0 Å². The van der Waals surface area contributed by atoms with Gasteiger partial charge in [-0.25, -0.2) is 0 Å². The van der Waals surface area contributed by atoms with Crippen LogP contribution in [0.2, 0.25) is 10.0 Å². The first-order valence-corrected chi connectivity index (χ1v) is 20.6. The maximum atomic E-state index is 12.4. The number of nitrogens with two attached hydrogens (primary N) is 1. The highest BCUT2D eigenvalue weighted by Crippen LogP contribution is 2.28. The molecule has 6 aromatic carbocycles. The standard InChI is InChI=1S/C25H26ClNO3.C14H12O2.C11H14ClNO2/c1-18(2)30-25-13-10-21(14-23(25)26)24(28)16-27-15-19-8-11-22(12-9-19)29-17-20-6-4-3-5-7-20;15-10-12-6-8-14(9-7-12)16-11-13-4-2-1-3-5-13;1-7(2)15-11-4-3-8(5-9(11)12)10(14)6-13/h3-14,18,27H,15-17H2,1-2H3;1-10H,11H2;3-5,7H,6,13H2,1-2H3. The third-order valence-corrected chi connectivity index (χ3v) is 9.06. The minimum atomic E-state index is -0.131. The summed E-state index contributed by atoms with van der Waals surface area (Å²) in [7, 11) is 0. The molecule has 0 amide bonds. The lowest BCUT2D eigenvalue weighted by Gasteiger charge is -2.12. The molecule has 0 saturated heterocycles. The number of benzene rings is 6. The van der Waals surface area contributed by atoms with Crippen molar-refractivity contribution in [1.29, 1.82) is 0 Å². The van der Waals surface area contributed by atoms with Gasteiger partial charge in [0.05, 0.1) is 35.3 Å². The largest absolute Gasteiger partial charge is 0.489 e. The Morgan fingerprint density at radius 3 is 1.44 bits per heavy atom. The van der Waals surface area contributed by atoms with E-state index in [2.05, 4.69) is 5.32 Å². The van der Waals surface area contributed by atoms with Crippen LogP contribution in [0.3, 0.4) is 0 Å². The second-order valence-electron chi connectivity index (χ2n) is 14.2. The highest BCUT2D eigenvalue weighted by molar-refractivity contribution is 6.32. The van der Waals surface area contributed by atoms with Crippen LogP contribution in [0.5, 0.6) is 23.0 Å². The summed E-state index contributed by atoms with van der Waals surface area (Å²) in [6.07, 6.45) is 0.903. The molecule has 6 aromatic rings. The molecule has 0 radical (unpaired) electrons. The summed E-state index contributed by atoms with van der Waals surface area (Å²) >= 11 is 12.2. The summed E-state index contributed by atoms with van der Waals surface area (Å²) in [4.78, 5) is 34.1. The number of Topliss-reactive ketones (excluding diaryl/α,β-unsaturated/α-hetero) is 2. The Balaban J connectivity index is 0.000000222. The third-order valence-electron chi connectivity index (χ3n) is 8.47. The Bertz CT molecular complexity index is 2250. The lowest BCUT2D eigenvalue weighted by atomic mass is 10.1. The molecule has 0 aliphatic heterocycles. The molecule has 3 N–H and O–H groups in total. The highest BCUT2D eigenvalue weighted by atomic mass is 35.5. The molecule has 6 rings (SSSR count). The van der Waals surface area contributed by atoms with Gasteiger partial charge in [-0.05, 0) is 117 Å². The van der Waals surface area contributed by atoms with Gasteiger partial charge in [0.2, 0.25) is 0 Å². The number of aldehydes is 1. The number of halogens is 2. The fourth-order valence-corrected chi connectivity index (χ4v) is 5.87. The van der Waals surface area contributed by atoms with E-state index >= 15 is 0 Å². The fourth-order valence-electron chi connectivity index (χ4n) is 5.42. The Labute approximate surface area is 368 Å². The van der Waals surface area contributed by atoms with Crippen LogP contribution in [0.25, 0.3) is 0 Å². The van der Waals surface area contributed by atoms with Crippen LogP contribution in [-0.4, -0.2) is 43.2 Å². The Morgan fingerprint density at radius 2 is 1.03 bits per heavy atom. The van der Waals surface area contributed by atoms with Crippen molar-refractivity contribution < 1.29 is 33.3 Å². The monoisotopic (exact) mass is 862 g/mol. The molecule has 61 heavy (non-hydrogen) atoms. The molecule has 0 fully saturated rings. The van der Waals surface area contributed by atoms with E-state index in [1.807, 2.05) is 113 Å². The smallest absolute Gasteiger partial charge is 0.176 e. The molecule has 9 nitrogen and oxygen atoms in total. The molecule has 0 atom stereocenters. The van der Waals surface area contributed by atoms with Crippen molar-refractivity contribution in [1.82, 2.24) is 5.32 Å². The van der Waals surface area contributed by atoms with Gasteiger partial charge in [0.25, 0.3) is 0 Å². The van der Waals surface area contributed by atoms with Crippen molar-refractivity contribution in [2.24, 2.45) is 5.73 Å². The third kappa shape index (κ3) is 17.3. The van der Waals surface area contributed by atoms with E-state index < -0.39 is 0 Å². The quantitative estimate of drug-likeness (QED) is 0.0641. The zero-order chi connectivity index (χ0) is 44.0. The summed E-state index contributed by atoms with van der Waals surface area (Å²) in [5.41, 5.74) is 10.3. The molecule has 0 heterocycles. The highest BCUT2D eigenvalue weighted by Gasteiger charge is 2.11. The zero-order valence-corrected chi connectivity index (χ0v) is 36.3. The van der Waals surface area contributed by atoms with Gasteiger partial charge in [-0.2, -0.15) is 0 Å². The first kappa shape index (κ1) is 47.7. The van der Waals surface area contributed by atoms with Crippen LogP contribution >= 0.6 is 23.2 Å². The maximum absolute atomic E-state index is 12.4. The SMILES string of the molecule is CC(C)Oc1ccc(C(=O)CN)cc1Cl.CC(C)Oc1ccc(C(=O)CNCc2ccc(OCc3ccccc3)cc2)cc1Cl.O=Cc1ccc(OCc2ccccc2)cc1. The summed E-state index contributed by atoms with van der Waals surface area (Å²) in [5, 5.41) is 4.06. The van der Waals surface area contributed by atoms with Crippen LogP contribution in [-0.2, 0) is 19.8 Å². The van der Waals surface area contributed by atoms with Gasteiger partial charge >= 0.3 is 0 Å². The van der Waals surface area contributed by atoms with E-state index in [0.717, 1.165) is 34.5 Å². The molecule has 11 heteroatoms. The lowest BCUT2D eigenvalue weighted by molar-refractivity contribution is 0.0986. The predicted molar refractivity (Wildman–Crippen MR) is 244 cm³/mol. The molecule has 318 valence electrons. The van der Waals surface area contributed by atoms with E-state index in [1.165, 1.54) is 0 Å². The minimum absolute atomic E-state index is 0.0132. The van der Waals surface area contributed by atoms with Crippen LogP contribution in [0.4, 0.5) is 0 Å². The first-order chi connectivity index (χ1) is 29.4. The van der Waals surface area contributed by atoms with Gasteiger partial charge in [-0.15, -0.1) is 0 Å². The Kier molecular flexibility index (Phi) is 20.0. The lowest BCUT2D eigenvalue weighted by Crippen LogP contribution is -2.22. The number of carbonyl (C=O) groups is 3. The van der Waals surface area contributed by atoms with Crippen LogP contribution in [0, 0.1) is 0 Å². The molecular weight excluding hydrogens is 811 g/mol. The average molecular weight is 864 g/mol. The van der Waals surface area contributed by atoms with E-state index in [-0.39, 0.29) is 36.9 Å². The van der Waals surface area contributed by atoms with Gasteiger partial charge in [0.15, 0.2) is 11.6 Å². The molecule has 0 unspecified atom stereocenters. The van der Waals surface area contributed by atoms with E-state index in [0.29, 0.717) is 58.0 Å². The van der Waals surface area contributed by atoms with Gasteiger partial charge in [0, 0.05) is 23.2 Å². The number of ketones is 2. The molecular formula is C50H52Cl2N2O7. The molecule has 0 aromatic heterocycles. The van der Waals surface area contributed by atoms with E-state index in [4.69, 9.17) is 47.9 Å². The van der Waals surface area contributed by atoms with Gasteiger partial charge in [-0.3, -0.25) is 14.4 Å². The molecule has 0 bridgehead atoms. The van der Waals surface area contributed by atoms with Crippen molar-refractivity contribution >= 4 is 41.1 Å². The number of rotatable bonds is 18. The van der Waals surface area contributed by atoms with Crippen LogP contribution in [0.1, 0.15) is 75.5 Å². The molecule has 0 spiro atoms. The topological polar surface area (TPSA) is 126 Å². The van der Waals surface area contributed by atoms with E-state index in [1.54, 1.807) is 60.7 Å². The maximum Gasteiger partial charge on any atom is 0.176 e. The Hall–Kier alpha value is -5.97. The fraction of sp³-hybridized carbons (Fsp3) is 0.220. The molecule has 0 aliphatic rings. The van der Waals surface area contributed by atoms with Crippen molar-refractivity contribution in [3.63, 3.8) is 0 Å². The number of hydrogen-bond donors (Lipinski definition) is 2. The second kappa shape index (κ2) is 25.6. The number of carbonyl (C=O) groups excluding carboxylic acids is 3. The number of hydrogen-bond acceptors (Lipinski definition) is 9. The Morgan fingerprint density at radius 1 is 0.590 bits per heavy atom. The van der Waals surface area contributed by atoms with Crippen molar-refractivity contribution in [2.45, 2.75) is 59.7 Å². The van der Waals surface area contributed by atoms with Crippen molar-refractivity contribution in [3.8, 4) is 23.0 Å². The van der Waals surface area contributed by atoms with Crippen molar-refractivity contribution in [3.05, 3.63) is 189 Å². The van der Waals surface area contributed by atoms with Gasteiger partial charge in [-0.1, -0.05) is 96.0 Å². The van der Waals surface area contributed by atoms with Crippen LogP contribution in [0.15, 0.2) is 146 Å². The minimum Gasteiger partial charge on any atom is -0.489 e. The van der Waals surface area contributed by atoms with Crippen LogP contribution < -0.4 is 30.0 Å². The predicted octanol–water partition coefficient (Wildman–Crippen LogP) is 11.0. The van der Waals surface area contributed by atoms with E-state index in [9.17, 15) is 14.4 Å². The second-order valence-corrected chi connectivity index (χ2v) is 15.0. The first-order valence-electron chi connectivity index (χ1n) is 19.8. The molecule has 0 saturated carbocycles. The number of nitrogens with one attached hydrogen (secondary N) is 1. The summed E-state index contributed by atoms with van der Waals surface area (Å²) < 4.78 is 22.4. The number of ether oxygens (including phenoxy) is 4. The summed E-state index contributed by atoms with van der Waals surface area (Å²) in [6.45, 7) is 9.57. The zero-order valence-electron chi connectivity index (χ0n) is 34.8. The summed E-state index contributed by atoms with van der Waals surface area (Å²) in [5.74, 6) is 2.61. The van der Waals surface area contributed by atoms with Gasteiger partial charge in [0.1, 0.15) is 42.5 Å². The normalized spacial score (nSPS) is 10.4. The molecule has 0 aliphatic carbocycles. The summed E-state index contributed by atoms with van der Waals surface area (Å²) in [6, 6.07) is 45.0.